The molecule has 8 nitrogen and oxygen atoms in total. The Morgan fingerprint density at radius 1 is 0.750 bits per heavy atom. The van der Waals surface area contributed by atoms with E-state index in [1.807, 2.05) is 42.5 Å². The quantitative estimate of drug-likeness (QED) is 0.0908. The fraction of sp³-hybridized carbons (Fsp3) is 0.0789. The maximum absolute atomic E-state index is 13.6. The Morgan fingerprint density at radius 2 is 1.42 bits per heavy atom. The molecule has 0 saturated carbocycles. The molecule has 0 saturated heterocycles. The summed E-state index contributed by atoms with van der Waals surface area (Å²) in [6.07, 6.45) is 1.54. The van der Waals surface area contributed by atoms with Crippen molar-refractivity contribution in [1.82, 2.24) is 5.32 Å². The summed E-state index contributed by atoms with van der Waals surface area (Å²) in [6, 6.07) is 37.4. The molecule has 0 heterocycles. The number of benzene rings is 5. The molecule has 1 unspecified atom stereocenters. The van der Waals surface area contributed by atoms with Crippen molar-refractivity contribution < 1.29 is 23.9 Å². The van der Waals surface area contributed by atoms with Crippen molar-refractivity contribution in [3.8, 4) is 11.5 Å². The highest BCUT2D eigenvalue weighted by molar-refractivity contribution is 8.00. The number of carbonyl (C=O) groups excluding carboxylic acids is 3. The third-order valence-electron chi connectivity index (χ3n) is 7.11. The number of anilines is 2. The molecule has 48 heavy (non-hydrogen) atoms. The molecular weight excluding hydrogens is 646 g/mol. The van der Waals surface area contributed by atoms with Crippen LogP contribution in [0.5, 0.6) is 11.5 Å². The standard InChI is InChI=1S/C38H32ClN3O5S/c1-46-29-20-17-27(34(24-29)47-2)23-33(42-36(43)26-13-7-4-8-14-26)37(44)40-28-18-21-30(22-19-28)48-35(25-11-5-3-6-12-25)38(45)41-32-16-10-9-15-31(32)39/h3-24,35H,1-2H3,(H,40,44)(H,41,45)(H,42,43)/b33-23-. The third-order valence-corrected chi connectivity index (χ3v) is 8.70. The second kappa shape index (κ2) is 16.4. The van der Waals surface area contributed by atoms with Crippen LogP contribution in [-0.4, -0.2) is 31.9 Å². The first kappa shape index (κ1) is 33.8. The Kier molecular flexibility index (Phi) is 11.5. The lowest BCUT2D eigenvalue weighted by Gasteiger charge is -2.18. The predicted molar refractivity (Wildman–Crippen MR) is 192 cm³/mol. The topological polar surface area (TPSA) is 106 Å². The van der Waals surface area contributed by atoms with E-state index in [0.29, 0.717) is 39.0 Å². The van der Waals surface area contributed by atoms with E-state index in [0.717, 1.165) is 10.5 Å². The number of hydrogen-bond donors (Lipinski definition) is 3. The van der Waals surface area contributed by atoms with Crippen LogP contribution in [0.1, 0.15) is 26.7 Å². The van der Waals surface area contributed by atoms with E-state index in [1.54, 1.807) is 98.1 Å². The smallest absolute Gasteiger partial charge is 0.272 e. The number of hydrogen-bond acceptors (Lipinski definition) is 6. The maximum atomic E-state index is 13.6. The van der Waals surface area contributed by atoms with Gasteiger partial charge in [-0.1, -0.05) is 72.3 Å². The molecule has 1 atom stereocenters. The third kappa shape index (κ3) is 8.85. The lowest BCUT2D eigenvalue weighted by Crippen LogP contribution is -2.30. The Bertz CT molecular complexity index is 1920. The number of amides is 3. The second-order valence-electron chi connectivity index (χ2n) is 10.3. The van der Waals surface area contributed by atoms with Gasteiger partial charge < -0.3 is 25.4 Å². The highest BCUT2D eigenvalue weighted by Gasteiger charge is 2.23. The summed E-state index contributed by atoms with van der Waals surface area (Å²) in [5.41, 5.74) is 2.80. The van der Waals surface area contributed by atoms with Crippen molar-refractivity contribution in [2.45, 2.75) is 10.1 Å². The van der Waals surface area contributed by atoms with Crippen LogP contribution in [0.4, 0.5) is 11.4 Å². The van der Waals surface area contributed by atoms with Crippen LogP contribution in [0.3, 0.4) is 0 Å². The first-order valence-electron chi connectivity index (χ1n) is 14.8. The van der Waals surface area contributed by atoms with E-state index in [4.69, 9.17) is 21.1 Å². The Balaban J connectivity index is 1.36. The molecular formula is C38H32ClN3O5S. The number of methoxy groups -OCH3 is 2. The fourth-order valence-corrected chi connectivity index (χ4v) is 5.86. The van der Waals surface area contributed by atoms with Gasteiger partial charge in [-0.05, 0) is 72.3 Å². The number of ether oxygens (including phenoxy) is 2. The van der Waals surface area contributed by atoms with Gasteiger partial charge in [-0.2, -0.15) is 0 Å². The van der Waals surface area contributed by atoms with Gasteiger partial charge in [-0.15, -0.1) is 11.8 Å². The lowest BCUT2D eigenvalue weighted by molar-refractivity contribution is -0.116. The Hall–Kier alpha value is -5.51. The molecule has 242 valence electrons. The van der Waals surface area contributed by atoms with Gasteiger partial charge in [-0.3, -0.25) is 14.4 Å². The summed E-state index contributed by atoms with van der Waals surface area (Å²) in [7, 11) is 3.06. The summed E-state index contributed by atoms with van der Waals surface area (Å²) < 4.78 is 10.8. The average Bonchev–Trinajstić information content (AvgIpc) is 3.12. The van der Waals surface area contributed by atoms with Crippen LogP contribution in [0, 0.1) is 0 Å². The van der Waals surface area contributed by atoms with E-state index in [9.17, 15) is 14.4 Å². The summed E-state index contributed by atoms with van der Waals surface area (Å²) in [6.45, 7) is 0. The average molecular weight is 678 g/mol. The van der Waals surface area contributed by atoms with Crippen molar-refractivity contribution in [2.75, 3.05) is 24.9 Å². The van der Waals surface area contributed by atoms with Gasteiger partial charge in [0.15, 0.2) is 0 Å². The summed E-state index contributed by atoms with van der Waals surface area (Å²) in [5, 5.41) is 8.40. The largest absolute Gasteiger partial charge is 0.497 e. The predicted octanol–water partition coefficient (Wildman–Crippen LogP) is 8.24. The zero-order valence-electron chi connectivity index (χ0n) is 26.1. The van der Waals surface area contributed by atoms with Gasteiger partial charge >= 0.3 is 0 Å². The molecule has 0 spiro atoms. The molecule has 0 aliphatic heterocycles. The SMILES string of the molecule is COc1ccc(/C=C(\NC(=O)c2ccccc2)C(=O)Nc2ccc(SC(C(=O)Nc3ccccc3Cl)c3ccccc3)cc2)c(OC)c1. The molecule has 0 radical (unpaired) electrons. The van der Waals surface area contributed by atoms with Gasteiger partial charge in [0.1, 0.15) is 22.4 Å². The molecule has 5 aromatic rings. The minimum Gasteiger partial charge on any atom is -0.497 e. The number of nitrogens with one attached hydrogen (secondary N) is 3. The van der Waals surface area contributed by atoms with E-state index < -0.39 is 17.1 Å². The number of thioether (sulfide) groups is 1. The Morgan fingerprint density at radius 3 is 2.08 bits per heavy atom. The lowest BCUT2D eigenvalue weighted by atomic mass is 10.1. The van der Waals surface area contributed by atoms with Crippen molar-refractivity contribution in [3.63, 3.8) is 0 Å². The fourth-order valence-electron chi connectivity index (χ4n) is 4.65. The van der Waals surface area contributed by atoms with Crippen LogP contribution < -0.4 is 25.4 Å². The van der Waals surface area contributed by atoms with E-state index in [2.05, 4.69) is 16.0 Å². The van der Waals surface area contributed by atoms with E-state index >= 15 is 0 Å². The van der Waals surface area contributed by atoms with E-state index in [1.165, 1.54) is 18.9 Å². The van der Waals surface area contributed by atoms with Crippen LogP contribution in [-0.2, 0) is 9.59 Å². The minimum absolute atomic E-state index is 0.00570. The van der Waals surface area contributed by atoms with Gasteiger partial charge in [0.05, 0.1) is 24.9 Å². The number of rotatable bonds is 12. The van der Waals surface area contributed by atoms with Crippen LogP contribution in [0.2, 0.25) is 5.02 Å². The molecule has 10 heteroatoms. The molecule has 5 rings (SSSR count). The minimum atomic E-state index is -0.579. The molecule has 0 fully saturated rings. The molecule has 3 amide bonds. The first-order valence-corrected chi connectivity index (χ1v) is 16.1. The van der Waals surface area contributed by atoms with Gasteiger partial charge in [-0.25, -0.2) is 0 Å². The zero-order valence-corrected chi connectivity index (χ0v) is 27.7. The monoisotopic (exact) mass is 677 g/mol. The van der Waals surface area contributed by atoms with E-state index in [-0.39, 0.29) is 11.6 Å². The molecule has 5 aromatic carbocycles. The number of para-hydroxylation sites is 1. The van der Waals surface area contributed by atoms with Crippen LogP contribution in [0.15, 0.2) is 138 Å². The molecule has 0 bridgehead atoms. The summed E-state index contributed by atoms with van der Waals surface area (Å²) in [4.78, 5) is 41.0. The van der Waals surface area contributed by atoms with Gasteiger partial charge in [0.2, 0.25) is 5.91 Å². The highest BCUT2D eigenvalue weighted by Crippen LogP contribution is 2.37. The normalized spacial score (nSPS) is 11.6. The number of halogens is 1. The first-order chi connectivity index (χ1) is 23.3. The van der Waals surface area contributed by atoms with Gasteiger partial charge in [0.25, 0.3) is 11.8 Å². The molecule has 0 aliphatic rings. The van der Waals surface area contributed by atoms with Crippen LogP contribution >= 0.6 is 23.4 Å². The van der Waals surface area contributed by atoms with Crippen LogP contribution in [0.25, 0.3) is 6.08 Å². The summed E-state index contributed by atoms with van der Waals surface area (Å²) >= 11 is 7.66. The van der Waals surface area contributed by atoms with Crippen molar-refractivity contribution in [3.05, 3.63) is 155 Å². The molecule has 0 aliphatic carbocycles. The van der Waals surface area contributed by atoms with Crippen molar-refractivity contribution >= 4 is 58.5 Å². The van der Waals surface area contributed by atoms with Crippen molar-refractivity contribution in [2.24, 2.45) is 0 Å². The maximum Gasteiger partial charge on any atom is 0.272 e. The number of carbonyl (C=O) groups is 3. The van der Waals surface area contributed by atoms with Crippen molar-refractivity contribution in [1.29, 1.82) is 0 Å². The highest BCUT2D eigenvalue weighted by atomic mass is 35.5. The Labute approximate surface area is 288 Å². The van der Waals surface area contributed by atoms with Gasteiger partial charge in [0, 0.05) is 27.8 Å². The molecule has 3 N–H and O–H groups in total. The summed E-state index contributed by atoms with van der Waals surface area (Å²) in [5.74, 6) is -0.176. The second-order valence-corrected chi connectivity index (χ2v) is 11.9. The zero-order chi connectivity index (χ0) is 33.9. The molecule has 0 aromatic heterocycles.